The quantitative estimate of drug-likeness (QED) is 0.707. The molecule has 2 rings (SSSR count). The van der Waals surface area contributed by atoms with Crippen molar-refractivity contribution >= 4 is 29.3 Å². The number of nitrogens with one attached hydrogen (secondary N) is 1. The van der Waals surface area contributed by atoms with Crippen LogP contribution in [0.2, 0.25) is 0 Å². The van der Waals surface area contributed by atoms with Gasteiger partial charge in [0, 0.05) is 23.5 Å². The van der Waals surface area contributed by atoms with Crippen molar-refractivity contribution in [3.05, 3.63) is 46.8 Å². The Bertz CT molecular complexity index is 769. The normalized spacial score (nSPS) is 10.7. The van der Waals surface area contributed by atoms with Crippen LogP contribution in [0, 0.1) is 20.8 Å². The van der Waals surface area contributed by atoms with E-state index in [0.29, 0.717) is 18.1 Å². The largest absolute Gasteiger partial charge is 0.361 e. The van der Waals surface area contributed by atoms with Crippen LogP contribution in [0.25, 0.3) is 0 Å². The molecule has 0 bridgehead atoms. The fourth-order valence-corrected chi connectivity index (χ4v) is 3.75. The van der Waals surface area contributed by atoms with Gasteiger partial charge in [-0.2, -0.15) is 0 Å². The summed E-state index contributed by atoms with van der Waals surface area (Å²) < 4.78 is 5.15. The number of benzene rings is 1. The third-order valence-electron chi connectivity index (χ3n) is 4.25. The highest BCUT2D eigenvalue weighted by Gasteiger charge is 2.18. The first kappa shape index (κ1) is 21.0. The summed E-state index contributed by atoms with van der Waals surface area (Å²) in [6.45, 7) is 8.33. The number of amides is 2. The summed E-state index contributed by atoms with van der Waals surface area (Å²) in [5.41, 5.74) is 3.66. The molecular formula is C20H27N3O3S. The Labute approximate surface area is 164 Å². The SMILES string of the molecule is CCCN(CC(=O)Nc1ccccc1C)C(=O)CSCc1c(C)noc1C. The maximum Gasteiger partial charge on any atom is 0.244 e. The van der Waals surface area contributed by atoms with E-state index in [0.717, 1.165) is 34.7 Å². The van der Waals surface area contributed by atoms with E-state index in [2.05, 4.69) is 10.5 Å². The zero-order chi connectivity index (χ0) is 19.8. The van der Waals surface area contributed by atoms with Gasteiger partial charge in [0.1, 0.15) is 5.76 Å². The second-order valence-electron chi connectivity index (χ2n) is 6.47. The number of para-hydroxylation sites is 1. The molecule has 0 saturated carbocycles. The van der Waals surface area contributed by atoms with Crippen LogP contribution in [0.1, 0.15) is 35.9 Å². The lowest BCUT2D eigenvalue weighted by Crippen LogP contribution is -2.39. The van der Waals surface area contributed by atoms with Crippen LogP contribution in [0.5, 0.6) is 0 Å². The van der Waals surface area contributed by atoms with Crippen LogP contribution in [0.3, 0.4) is 0 Å². The first-order valence-corrected chi connectivity index (χ1v) is 10.2. The monoisotopic (exact) mass is 389 g/mol. The summed E-state index contributed by atoms with van der Waals surface area (Å²) in [5.74, 6) is 1.56. The molecular weight excluding hydrogens is 362 g/mol. The molecule has 0 aliphatic heterocycles. The number of thioether (sulfide) groups is 1. The van der Waals surface area contributed by atoms with E-state index in [1.807, 2.05) is 52.0 Å². The van der Waals surface area contributed by atoms with Crippen molar-refractivity contribution in [1.82, 2.24) is 10.1 Å². The number of carbonyl (C=O) groups excluding carboxylic acids is 2. The third kappa shape index (κ3) is 6.13. The van der Waals surface area contributed by atoms with E-state index in [-0.39, 0.29) is 18.4 Å². The van der Waals surface area contributed by atoms with Crippen molar-refractivity contribution in [3.8, 4) is 0 Å². The van der Waals surface area contributed by atoms with Crippen LogP contribution < -0.4 is 5.32 Å². The highest BCUT2D eigenvalue weighted by molar-refractivity contribution is 7.99. The molecule has 0 atom stereocenters. The lowest BCUT2D eigenvalue weighted by Gasteiger charge is -2.21. The Morgan fingerprint density at radius 1 is 1.22 bits per heavy atom. The van der Waals surface area contributed by atoms with Gasteiger partial charge in [-0.1, -0.05) is 30.3 Å². The van der Waals surface area contributed by atoms with Gasteiger partial charge in [-0.15, -0.1) is 11.8 Å². The molecule has 1 N–H and O–H groups in total. The molecule has 27 heavy (non-hydrogen) atoms. The molecule has 146 valence electrons. The minimum Gasteiger partial charge on any atom is -0.361 e. The van der Waals surface area contributed by atoms with Crippen LogP contribution in [-0.4, -0.2) is 40.7 Å². The lowest BCUT2D eigenvalue weighted by molar-refractivity contribution is -0.132. The van der Waals surface area contributed by atoms with Gasteiger partial charge in [0.15, 0.2) is 0 Å². The van der Waals surface area contributed by atoms with Gasteiger partial charge in [0.25, 0.3) is 0 Å². The van der Waals surface area contributed by atoms with Crippen LogP contribution in [-0.2, 0) is 15.3 Å². The number of hydrogen-bond acceptors (Lipinski definition) is 5. The Hall–Kier alpha value is -2.28. The molecule has 2 aromatic rings. The standard InChI is InChI=1S/C20H27N3O3S/c1-5-10-23(11-19(24)21-18-9-7-6-8-14(18)2)20(25)13-27-12-17-15(3)22-26-16(17)4/h6-9H,5,10-13H2,1-4H3,(H,21,24). The molecule has 0 radical (unpaired) electrons. The van der Waals surface area contributed by atoms with Crippen molar-refractivity contribution in [1.29, 1.82) is 0 Å². The highest BCUT2D eigenvalue weighted by atomic mass is 32.2. The molecule has 2 amide bonds. The molecule has 1 heterocycles. The first-order chi connectivity index (χ1) is 12.9. The van der Waals surface area contributed by atoms with Gasteiger partial charge in [0.05, 0.1) is 18.0 Å². The van der Waals surface area contributed by atoms with Crippen LogP contribution >= 0.6 is 11.8 Å². The van der Waals surface area contributed by atoms with Crippen LogP contribution in [0.4, 0.5) is 5.69 Å². The zero-order valence-corrected chi connectivity index (χ0v) is 17.2. The number of rotatable bonds is 9. The Morgan fingerprint density at radius 3 is 2.59 bits per heavy atom. The molecule has 0 aliphatic carbocycles. The summed E-state index contributed by atoms with van der Waals surface area (Å²) in [7, 11) is 0. The fraction of sp³-hybridized carbons (Fsp3) is 0.450. The number of hydrogen-bond donors (Lipinski definition) is 1. The Morgan fingerprint density at radius 2 is 1.96 bits per heavy atom. The van der Waals surface area contributed by atoms with Gasteiger partial charge >= 0.3 is 0 Å². The molecule has 0 saturated heterocycles. The number of aromatic nitrogens is 1. The van der Waals surface area contributed by atoms with E-state index in [1.54, 1.807) is 4.90 Å². The van der Waals surface area contributed by atoms with Crippen molar-refractivity contribution < 1.29 is 14.1 Å². The Balaban J connectivity index is 1.88. The second-order valence-corrected chi connectivity index (χ2v) is 7.46. The average molecular weight is 390 g/mol. The zero-order valence-electron chi connectivity index (χ0n) is 16.4. The maximum atomic E-state index is 12.6. The van der Waals surface area contributed by atoms with E-state index in [1.165, 1.54) is 11.8 Å². The predicted molar refractivity (Wildman–Crippen MR) is 109 cm³/mol. The summed E-state index contributed by atoms with van der Waals surface area (Å²) in [4.78, 5) is 26.6. The van der Waals surface area contributed by atoms with E-state index >= 15 is 0 Å². The molecule has 1 aromatic carbocycles. The summed E-state index contributed by atoms with van der Waals surface area (Å²) in [6, 6.07) is 7.60. The maximum absolute atomic E-state index is 12.6. The Kier molecular flexibility index (Phi) is 7.91. The summed E-state index contributed by atoms with van der Waals surface area (Å²) >= 11 is 1.51. The second kappa shape index (κ2) is 10.2. The topological polar surface area (TPSA) is 75.4 Å². The smallest absolute Gasteiger partial charge is 0.244 e. The molecule has 0 aliphatic rings. The highest BCUT2D eigenvalue weighted by Crippen LogP contribution is 2.20. The number of nitrogens with zero attached hydrogens (tertiary/aromatic N) is 2. The van der Waals surface area contributed by atoms with Gasteiger partial charge < -0.3 is 14.7 Å². The molecule has 1 aromatic heterocycles. The average Bonchev–Trinajstić information content (AvgIpc) is 2.95. The van der Waals surface area contributed by atoms with Gasteiger partial charge in [0.2, 0.25) is 11.8 Å². The molecule has 0 spiro atoms. The number of aryl methyl sites for hydroxylation is 3. The van der Waals surface area contributed by atoms with Gasteiger partial charge in [-0.3, -0.25) is 9.59 Å². The van der Waals surface area contributed by atoms with Crippen molar-refractivity contribution in [2.45, 2.75) is 39.9 Å². The van der Waals surface area contributed by atoms with Crippen molar-refractivity contribution in [3.63, 3.8) is 0 Å². The number of carbonyl (C=O) groups is 2. The van der Waals surface area contributed by atoms with Gasteiger partial charge in [-0.05, 0) is 38.8 Å². The van der Waals surface area contributed by atoms with E-state index in [9.17, 15) is 9.59 Å². The lowest BCUT2D eigenvalue weighted by atomic mass is 10.2. The van der Waals surface area contributed by atoms with Gasteiger partial charge in [-0.25, -0.2) is 0 Å². The minimum atomic E-state index is -0.179. The summed E-state index contributed by atoms with van der Waals surface area (Å²) in [5, 5.41) is 6.82. The third-order valence-corrected chi connectivity index (χ3v) is 5.20. The predicted octanol–water partition coefficient (Wildman–Crippen LogP) is 3.71. The van der Waals surface area contributed by atoms with Crippen LogP contribution in [0.15, 0.2) is 28.8 Å². The first-order valence-electron chi connectivity index (χ1n) is 9.05. The molecule has 7 heteroatoms. The minimum absolute atomic E-state index is 0.0338. The number of anilines is 1. The fourth-order valence-electron chi connectivity index (χ4n) is 2.68. The molecule has 0 unspecified atom stereocenters. The molecule has 0 fully saturated rings. The molecule has 6 nitrogen and oxygen atoms in total. The summed E-state index contributed by atoms with van der Waals surface area (Å²) in [6.07, 6.45) is 0.803. The van der Waals surface area contributed by atoms with E-state index < -0.39 is 0 Å². The van der Waals surface area contributed by atoms with Crippen molar-refractivity contribution in [2.75, 3.05) is 24.2 Å². The van der Waals surface area contributed by atoms with E-state index in [4.69, 9.17) is 4.52 Å². The van der Waals surface area contributed by atoms with Crippen molar-refractivity contribution in [2.24, 2.45) is 0 Å².